The van der Waals surface area contributed by atoms with E-state index in [1.807, 2.05) is 4.90 Å². The van der Waals surface area contributed by atoms with Gasteiger partial charge in [-0.25, -0.2) is 0 Å². The van der Waals surface area contributed by atoms with Gasteiger partial charge in [-0.2, -0.15) is 0 Å². The van der Waals surface area contributed by atoms with E-state index in [2.05, 4.69) is 40.3 Å². The molecule has 0 N–H and O–H groups in total. The maximum atomic E-state index is 11.5. The van der Waals surface area contributed by atoms with Gasteiger partial charge in [-0.05, 0) is 26.7 Å². The van der Waals surface area contributed by atoms with Crippen molar-refractivity contribution in [2.75, 3.05) is 0 Å². The van der Waals surface area contributed by atoms with E-state index in [0.29, 0.717) is 0 Å². The van der Waals surface area contributed by atoms with Gasteiger partial charge < -0.3 is 4.90 Å². The Morgan fingerprint density at radius 1 is 1.31 bits per heavy atom. The highest BCUT2D eigenvalue weighted by Crippen LogP contribution is 2.11. The Balaban J connectivity index is 4.53. The molecule has 2 heteroatoms. The van der Waals surface area contributed by atoms with Crippen LogP contribution in [0.3, 0.4) is 0 Å². The first-order valence-corrected chi connectivity index (χ1v) is 4.93. The van der Waals surface area contributed by atoms with Gasteiger partial charge in [0.05, 0.1) is 0 Å². The largest absolute Gasteiger partial charge is 0.333 e. The van der Waals surface area contributed by atoms with E-state index in [1.54, 1.807) is 0 Å². The van der Waals surface area contributed by atoms with Crippen LogP contribution in [0.1, 0.15) is 40.5 Å². The Morgan fingerprint density at radius 3 is 1.92 bits per heavy atom. The third-order valence-electron chi connectivity index (χ3n) is 2.52. The van der Waals surface area contributed by atoms with Gasteiger partial charge in [0.15, 0.2) is 0 Å². The summed E-state index contributed by atoms with van der Waals surface area (Å²) in [7, 11) is 0. The monoisotopic (exact) mass is 182 g/mol. The molecule has 0 spiro atoms. The van der Waals surface area contributed by atoms with E-state index in [4.69, 9.17) is 0 Å². The lowest BCUT2D eigenvalue weighted by Crippen LogP contribution is -2.43. The second kappa shape index (κ2) is 5.79. The first-order chi connectivity index (χ1) is 6.08. The number of rotatable bonds is 5. The molecule has 0 aliphatic heterocycles. The molecule has 13 heavy (non-hydrogen) atoms. The van der Waals surface area contributed by atoms with Crippen molar-refractivity contribution in [3.05, 3.63) is 12.7 Å². The molecule has 75 valence electrons. The van der Waals surface area contributed by atoms with Crippen molar-refractivity contribution in [2.24, 2.45) is 0 Å². The zero-order valence-electron chi connectivity index (χ0n) is 9.13. The molecule has 0 aliphatic carbocycles. The Hall–Kier alpha value is -0.790. The van der Waals surface area contributed by atoms with Crippen molar-refractivity contribution < 1.29 is 4.79 Å². The lowest BCUT2D eigenvalue weighted by Gasteiger charge is -2.32. The maximum absolute atomic E-state index is 11.5. The third-order valence-corrected chi connectivity index (χ3v) is 2.52. The molecule has 0 heterocycles. The molecule has 0 aliphatic rings. The van der Waals surface area contributed by atoms with Gasteiger partial charge in [-0.3, -0.25) is 4.79 Å². The van der Waals surface area contributed by atoms with Gasteiger partial charge in [-0.15, -0.1) is 0 Å². The number of nitrogens with zero attached hydrogens (tertiary/aromatic N) is 1. The fourth-order valence-electron chi connectivity index (χ4n) is 1.32. The van der Waals surface area contributed by atoms with Crippen molar-refractivity contribution in [3.63, 3.8) is 0 Å². The summed E-state index contributed by atoms with van der Waals surface area (Å²) in [6, 6.07) is 0.549. The summed E-state index contributed by atoms with van der Waals surface area (Å²) < 4.78 is 0. The maximum Gasteiger partial charge on any atom is 0.254 e. The molecule has 1 amide bonds. The fraction of sp³-hybridized carbons (Fsp3) is 0.727. The van der Waals surface area contributed by atoms with E-state index < -0.39 is 0 Å². The Morgan fingerprint density at radius 2 is 1.69 bits per heavy atom. The first-order valence-electron chi connectivity index (χ1n) is 4.93. The molecule has 0 saturated heterocycles. The van der Waals surface area contributed by atoms with Gasteiger partial charge in [0.2, 0.25) is 0 Å². The quantitative estimate of drug-likeness (QED) is 0.598. The second-order valence-corrected chi connectivity index (χ2v) is 3.40. The van der Waals surface area contributed by atoms with Crippen LogP contribution in [-0.4, -0.2) is 22.9 Å². The molecular weight excluding hydrogens is 162 g/mol. The van der Waals surface area contributed by atoms with Crippen molar-refractivity contribution >= 4 is 5.91 Å². The molecule has 2 unspecified atom stereocenters. The highest BCUT2D eigenvalue weighted by molar-refractivity contribution is 5.83. The Kier molecular flexibility index (Phi) is 5.44. The lowest BCUT2D eigenvalue weighted by molar-refractivity contribution is -0.131. The summed E-state index contributed by atoms with van der Waals surface area (Å²) in [6.07, 6.45) is 4.37. The summed E-state index contributed by atoms with van der Waals surface area (Å²) in [6.45, 7) is 11.7. The smallest absolute Gasteiger partial charge is 0.254 e. The molecule has 0 aromatic heterocycles. The molecule has 0 saturated carbocycles. The normalized spacial score (nSPS) is 14.8. The molecule has 0 rings (SSSR count). The van der Waals surface area contributed by atoms with Crippen molar-refractivity contribution in [1.29, 1.82) is 0 Å². The van der Waals surface area contributed by atoms with Crippen molar-refractivity contribution in [1.82, 2.24) is 4.90 Å². The summed E-state index contributed by atoms with van der Waals surface area (Å²) in [4.78, 5) is 13.3. The third kappa shape index (κ3) is 3.21. The average molecular weight is 182 g/mol. The van der Waals surface area contributed by atoms with Crippen LogP contribution >= 0.6 is 0 Å². The number of hydrogen-bond acceptors (Lipinski definition) is 1. The van der Waals surface area contributed by atoms with E-state index in [9.17, 15) is 4.79 Å². The number of carbonyl (C=O) groups is 1. The minimum Gasteiger partial charge on any atom is -0.333 e. The summed E-state index contributed by atoms with van der Waals surface area (Å²) in [5.74, 6) is -0.0799. The molecule has 2 nitrogen and oxygen atoms in total. The van der Waals surface area contributed by atoms with Gasteiger partial charge in [0.1, 0.15) is 0 Å². The van der Waals surface area contributed by atoms with Gasteiger partial charge in [-0.1, -0.05) is 20.4 Å². The summed E-state index contributed by atoms with van der Waals surface area (Å²) in [5.41, 5.74) is 0. The highest BCUT2D eigenvalue weighted by Gasteiger charge is 2.21. The van der Waals surface area contributed by atoms with Gasteiger partial charge in [0, 0.05) is 18.2 Å². The SMILES string of the molecule is C=[C]C(=O)N(C(C)CC)C(C)CC. The predicted molar refractivity (Wildman–Crippen MR) is 55.2 cm³/mol. The van der Waals surface area contributed by atoms with Crippen LogP contribution in [0.2, 0.25) is 0 Å². The van der Waals surface area contributed by atoms with Gasteiger partial charge in [0.25, 0.3) is 5.91 Å². The average Bonchev–Trinajstić information content (AvgIpc) is 2.16. The van der Waals surface area contributed by atoms with E-state index in [0.717, 1.165) is 12.8 Å². The molecule has 1 radical (unpaired) electrons. The standard InChI is InChI=1S/C11H20NO/c1-6-9(4)12(10(5)7-2)11(13)8-3/h9-10H,3,6-7H2,1-2,4-5H3. The summed E-state index contributed by atoms with van der Waals surface area (Å²) in [5, 5.41) is 0. The van der Waals surface area contributed by atoms with Crippen LogP contribution in [0.4, 0.5) is 0 Å². The molecular formula is C11H20NO. The zero-order valence-corrected chi connectivity index (χ0v) is 9.13. The van der Waals surface area contributed by atoms with Crippen LogP contribution in [0.25, 0.3) is 0 Å². The van der Waals surface area contributed by atoms with Crippen LogP contribution in [-0.2, 0) is 4.79 Å². The van der Waals surface area contributed by atoms with E-state index >= 15 is 0 Å². The second-order valence-electron chi connectivity index (χ2n) is 3.40. The first kappa shape index (κ1) is 12.2. The number of hydrogen-bond donors (Lipinski definition) is 0. The molecule has 0 aromatic carbocycles. The lowest BCUT2D eigenvalue weighted by atomic mass is 10.1. The molecule has 0 aromatic rings. The minimum absolute atomic E-state index is 0.0799. The predicted octanol–water partition coefficient (Wildman–Crippen LogP) is 2.40. The topological polar surface area (TPSA) is 20.3 Å². The van der Waals surface area contributed by atoms with Crippen molar-refractivity contribution in [2.45, 2.75) is 52.6 Å². The number of amides is 1. The van der Waals surface area contributed by atoms with Crippen LogP contribution in [0.5, 0.6) is 0 Å². The number of carbonyl (C=O) groups excluding carboxylic acids is 1. The Labute approximate surface area is 81.6 Å². The van der Waals surface area contributed by atoms with E-state index in [1.165, 1.54) is 0 Å². The summed E-state index contributed by atoms with van der Waals surface area (Å²) >= 11 is 0. The van der Waals surface area contributed by atoms with Crippen LogP contribution < -0.4 is 0 Å². The molecule has 2 atom stereocenters. The molecule has 0 bridgehead atoms. The van der Waals surface area contributed by atoms with Gasteiger partial charge >= 0.3 is 0 Å². The highest BCUT2D eigenvalue weighted by atomic mass is 16.2. The minimum atomic E-state index is -0.0799. The Bertz CT molecular complexity index is 167. The van der Waals surface area contributed by atoms with E-state index in [-0.39, 0.29) is 18.0 Å². The molecule has 0 fully saturated rings. The van der Waals surface area contributed by atoms with Crippen LogP contribution in [0.15, 0.2) is 6.58 Å². The fourth-order valence-corrected chi connectivity index (χ4v) is 1.32. The zero-order chi connectivity index (χ0) is 10.4. The van der Waals surface area contributed by atoms with Crippen molar-refractivity contribution in [3.8, 4) is 0 Å². The van der Waals surface area contributed by atoms with Crippen LogP contribution in [0, 0.1) is 6.08 Å².